The van der Waals surface area contributed by atoms with Crippen LogP contribution in [0.25, 0.3) is 0 Å². The molecule has 1 aromatic carbocycles. The number of amides is 1. The molecule has 3 N–H and O–H groups in total. The molecule has 4 heteroatoms. The highest BCUT2D eigenvalue weighted by Crippen LogP contribution is 2.17. The predicted molar refractivity (Wildman–Crippen MR) is 75.5 cm³/mol. The average molecular weight is 256 g/mol. The first kappa shape index (κ1) is 13.1. The highest BCUT2D eigenvalue weighted by Gasteiger charge is 2.08. The van der Waals surface area contributed by atoms with Crippen LogP contribution in [0.2, 0.25) is 0 Å². The number of pyridine rings is 1. The topological polar surface area (TPSA) is 59.0 Å². The summed E-state index contributed by atoms with van der Waals surface area (Å²) in [5.41, 5.74) is 8.17. The average Bonchev–Trinajstić information content (AvgIpc) is 2.41. The highest BCUT2D eigenvalue weighted by molar-refractivity contribution is 5.91. The van der Waals surface area contributed by atoms with Gasteiger partial charge in [0.1, 0.15) is 0 Å². The standard InChI is InChI=1S/C15H17N3O/c1-12-11-13(16)5-6-14(12)17-15(19)7-10-18-8-3-2-4-9-18/h2-6,8-9,11H,7,10,16H2,1H3/p+1. The van der Waals surface area contributed by atoms with E-state index in [1.165, 1.54) is 0 Å². The van der Waals surface area contributed by atoms with E-state index >= 15 is 0 Å². The number of hydrogen-bond donors (Lipinski definition) is 2. The molecule has 0 aliphatic carbocycles. The van der Waals surface area contributed by atoms with Crippen molar-refractivity contribution < 1.29 is 9.36 Å². The Kier molecular flexibility index (Phi) is 4.13. The summed E-state index contributed by atoms with van der Waals surface area (Å²) in [5, 5.41) is 2.90. The van der Waals surface area contributed by atoms with Gasteiger partial charge in [0.25, 0.3) is 0 Å². The Balaban J connectivity index is 1.91. The Labute approximate surface area is 112 Å². The van der Waals surface area contributed by atoms with Crippen molar-refractivity contribution in [2.75, 3.05) is 11.1 Å². The van der Waals surface area contributed by atoms with Crippen molar-refractivity contribution in [1.29, 1.82) is 0 Å². The van der Waals surface area contributed by atoms with Gasteiger partial charge in [-0.15, -0.1) is 0 Å². The van der Waals surface area contributed by atoms with Crippen LogP contribution in [0, 0.1) is 6.92 Å². The van der Waals surface area contributed by atoms with Crippen molar-refractivity contribution in [3.05, 3.63) is 54.4 Å². The number of aryl methyl sites for hydroxylation is 2. The van der Waals surface area contributed by atoms with Gasteiger partial charge in [-0.2, -0.15) is 0 Å². The summed E-state index contributed by atoms with van der Waals surface area (Å²) in [6.07, 6.45) is 4.34. The lowest BCUT2D eigenvalue weighted by Crippen LogP contribution is -2.34. The molecule has 0 unspecified atom stereocenters. The van der Waals surface area contributed by atoms with E-state index in [4.69, 9.17) is 5.73 Å². The van der Waals surface area contributed by atoms with Crippen LogP contribution < -0.4 is 15.6 Å². The molecule has 4 nitrogen and oxygen atoms in total. The minimum Gasteiger partial charge on any atom is -0.399 e. The highest BCUT2D eigenvalue weighted by atomic mass is 16.1. The molecule has 0 bridgehead atoms. The maximum Gasteiger partial charge on any atom is 0.230 e. The SMILES string of the molecule is Cc1cc(N)ccc1NC(=O)CC[n+]1ccccc1. The van der Waals surface area contributed by atoms with E-state index in [9.17, 15) is 4.79 Å². The van der Waals surface area contributed by atoms with Gasteiger partial charge in [0.2, 0.25) is 5.91 Å². The van der Waals surface area contributed by atoms with Crippen LogP contribution >= 0.6 is 0 Å². The van der Waals surface area contributed by atoms with Crippen LogP contribution in [0.5, 0.6) is 0 Å². The van der Waals surface area contributed by atoms with Crippen molar-refractivity contribution in [2.45, 2.75) is 19.9 Å². The van der Waals surface area contributed by atoms with Crippen molar-refractivity contribution in [3.63, 3.8) is 0 Å². The minimum absolute atomic E-state index is 0.00391. The number of rotatable bonds is 4. The van der Waals surface area contributed by atoms with Crippen molar-refractivity contribution in [2.24, 2.45) is 0 Å². The molecule has 1 heterocycles. The van der Waals surface area contributed by atoms with Gasteiger partial charge in [-0.3, -0.25) is 4.79 Å². The predicted octanol–water partition coefficient (Wildman–Crippen LogP) is 1.89. The summed E-state index contributed by atoms with van der Waals surface area (Å²) in [7, 11) is 0. The smallest absolute Gasteiger partial charge is 0.230 e. The second-order valence-electron chi connectivity index (χ2n) is 4.49. The number of nitrogens with zero attached hydrogens (tertiary/aromatic N) is 1. The molecule has 2 aromatic rings. The number of benzene rings is 1. The summed E-state index contributed by atoms with van der Waals surface area (Å²) < 4.78 is 1.98. The van der Waals surface area contributed by atoms with E-state index in [2.05, 4.69) is 5.32 Å². The van der Waals surface area contributed by atoms with Crippen LogP contribution in [-0.2, 0) is 11.3 Å². The lowest BCUT2D eigenvalue weighted by atomic mass is 10.2. The Morgan fingerprint density at radius 3 is 2.68 bits per heavy atom. The molecular weight excluding hydrogens is 238 g/mol. The number of nitrogens with one attached hydrogen (secondary N) is 1. The number of aromatic nitrogens is 1. The number of carbonyl (C=O) groups excluding carboxylic acids is 1. The number of nitrogens with two attached hydrogens (primary N) is 1. The molecule has 1 aromatic heterocycles. The minimum atomic E-state index is 0.00391. The zero-order valence-electron chi connectivity index (χ0n) is 11.0. The normalized spacial score (nSPS) is 10.2. The van der Waals surface area contributed by atoms with Crippen LogP contribution in [0.3, 0.4) is 0 Å². The first-order valence-corrected chi connectivity index (χ1v) is 6.25. The van der Waals surface area contributed by atoms with Crippen LogP contribution in [-0.4, -0.2) is 5.91 Å². The third kappa shape index (κ3) is 3.81. The molecule has 0 spiro atoms. The Hall–Kier alpha value is -2.36. The third-order valence-electron chi connectivity index (χ3n) is 2.90. The van der Waals surface area contributed by atoms with Crippen molar-refractivity contribution >= 4 is 17.3 Å². The fourth-order valence-electron chi connectivity index (χ4n) is 1.85. The van der Waals surface area contributed by atoms with Gasteiger partial charge < -0.3 is 11.1 Å². The third-order valence-corrected chi connectivity index (χ3v) is 2.90. The molecule has 0 saturated carbocycles. The van der Waals surface area contributed by atoms with E-state index in [-0.39, 0.29) is 5.91 Å². The number of hydrogen-bond acceptors (Lipinski definition) is 2. The van der Waals surface area contributed by atoms with Gasteiger partial charge in [-0.25, -0.2) is 4.57 Å². The number of nitrogen functional groups attached to an aromatic ring is 1. The van der Waals surface area contributed by atoms with Crippen LogP contribution in [0.4, 0.5) is 11.4 Å². The summed E-state index contributed by atoms with van der Waals surface area (Å²) in [4.78, 5) is 11.9. The molecule has 1 amide bonds. The van der Waals surface area contributed by atoms with Gasteiger partial charge in [0.15, 0.2) is 18.9 Å². The molecule has 0 radical (unpaired) electrons. The molecule has 0 aliphatic heterocycles. The second kappa shape index (κ2) is 6.00. The van der Waals surface area contributed by atoms with E-state index in [1.54, 1.807) is 6.07 Å². The number of carbonyl (C=O) groups is 1. The maximum atomic E-state index is 11.9. The molecule has 0 aliphatic rings. The van der Waals surface area contributed by atoms with Gasteiger partial charge >= 0.3 is 0 Å². The fourth-order valence-corrected chi connectivity index (χ4v) is 1.85. The Morgan fingerprint density at radius 2 is 2.00 bits per heavy atom. The molecule has 98 valence electrons. The van der Waals surface area contributed by atoms with E-state index in [0.29, 0.717) is 18.7 Å². The van der Waals surface area contributed by atoms with E-state index in [0.717, 1.165) is 11.3 Å². The zero-order valence-corrected chi connectivity index (χ0v) is 11.0. The number of anilines is 2. The lowest BCUT2D eigenvalue weighted by molar-refractivity contribution is -0.695. The first-order chi connectivity index (χ1) is 9.15. The second-order valence-corrected chi connectivity index (χ2v) is 4.49. The molecule has 0 fully saturated rings. The van der Waals surface area contributed by atoms with E-state index in [1.807, 2.05) is 54.2 Å². The van der Waals surface area contributed by atoms with Gasteiger partial charge in [-0.1, -0.05) is 6.07 Å². The van der Waals surface area contributed by atoms with Gasteiger partial charge in [-0.05, 0) is 30.7 Å². The fraction of sp³-hybridized carbons (Fsp3) is 0.200. The quantitative estimate of drug-likeness (QED) is 0.648. The Bertz CT molecular complexity index is 567. The Morgan fingerprint density at radius 1 is 1.26 bits per heavy atom. The molecular formula is C15H18N3O+. The first-order valence-electron chi connectivity index (χ1n) is 6.25. The molecule has 0 atom stereocenters. The summed E-state index contributed by atoms with van der Waals surface area (Å²) in [6, 6.07) is 11.3. The van der Waals surface area contributed by atoms with Crippen LogP contribution in [0.1, 0.15) is 12.0 Å². The van der Waals surface area contributed by atoms with Gasteiger partial charge in [0, 0.05) is 23.5 Å². The molecule has 0 saturated heterocycles. The van der Waals surface area contributed by atoms with E-state index < -0.39 is 0 Å². The summed E-state index contributed by atoms with van der Waals surface area (Å²) in [5.74, 6) is 0.00391. The van der Waals surface area contributed by atoms with Crippen molar-refractivity contribution in [1.82, 2.24) is 0 Å². The van der Waals surface area contributed by atoms with Crippen molar-refractivity contribution in [3.8, 4) is 0 Å². The molecule has 19 heavy (non-hydrogen) atoms. The zero-order chi connectivity index (χ0) is 13.7. The molecule has 2 rings (SSSR count). The lowest BCUT2D eigenvalue weighted by Gasteiger charge is -2.08. The summed E-state index contributed by atoms with van der Waals surface area (Å²) in [6.45, 7) is 2.60. The maximum absolute atomic E-state index is 11.9. The van der Waals surface area contributed by atoms with Crippen LogP contribution in [0.15, 0.2) is 48.8 Å². The van der Waals surface area contributed by atoms with Gasteiger partial charge in [0.05, 0.1) is 6.42 Å². The monoisotopic (exact) mass is 256 g/mol. The largest absolute Gasteiger partial charge is 0.399 e. The summed E-state index contributed by atoms with van der Waals surface area (Å²) >= 11 is 0.